The lowest BCUT2D eigenvalue weighted by Crippen LogP contribution is -2.11. The van der Waals surface area contributed by atoms with Crippen LogP contribution in [0.25, 0.3) is 11.3 Å². The Morgan fingerprint density at radius 2 is 1.88 bits per heavy atom. The van der Waals surface area contributed by atoms with E-state index in [-0.39, 0.29) is 11.6 Å². The molecule has 1 heterocycles. The maximum absolute atomic E-state index is 12.3. The van der Waals surface area contributed by atoms with Crippen molar-refractivity contribution in [3.05, 3.63) is 64.8 Å². The lowest BCUT2D eigenvalue weighted by molar-refractivity contribution is 0.101. The molecule has 0 saturated heterocycles. The van der Waals surface area contributed by atoms with Crippen LogP contribution in [0.15, 0.2) is 63.6 Å². The van der Waals surface area contributed by atoms with Crippen molar-refractivity contribution in [3.8, 4) is 17.1 Å². The molecule has 1 aromatic heterocycles. The third kappa shape index (κ3) is 4.73. The van der Waals surface area contributed by atoms with E-state index in [9.17, 15) is 4.79 Å². The minimum Gasteiger partial charge on any atom is -0.494 e. The first-order valence-corrected chi connectivity index (χ1v) is 9.22. The summed E-state index contributed by atoms with van der Waals surface area (Å²) >= 11 is 3.36. The Balaban J connectivity index is 1.65. The molecule has 1 N–H and O–H groups in total. The number of hydrogen-bond donors (Lipinski definition) is 1. The quantitative estimate of drug-likeness (QED) is 0.515. The summed E-state index contributed by atoms with van der Waals surface area (Å²) in [6.07, 6.45) is 2.13. The third-order valence-corrected chi connectivity index (χ3v) is 4.28. The molecule has 6 heteroatoms. The van der Waals surface area contributed by atoms with E-state index in [2.05, 4.69) is 33.3 Å². The summed E-state index contributed by atoms with van der Waals surface area (Å²) in [5, 5.41) is 6.65. The highest BCUT2D eigenvalue weighted by molar-refractivity contribution is 9.10. The second-order valence-electron chi connectivity index (χ2n) is 5.76. The number of amides is 1. The van der Waals surface area contributed by atoms with Crippen molar-refractivity contribution >= 4 is 27.5 Å². The maximum atomic E-state index is 12.3. The second kappa shape index (κ2) is 8.67. The molecule has 3 rings (SSSR count). The van der Waals surface area contributed by atoms with Gasteiger partial charge >= 0.3 is 0 Å². The van der Waals surface area contributed by atoms with Crippen molar-refractivity contribution in [3.63, 3.8) is 0 Å². The van der Waals surface area contributed by atoms with Crippen LogP contribution < -0.4 is 10.1 Å². The Labute approximate surface area is 160 Å². The van der Waals surface area contributed by atoms with Crippen molar-refractivity contribution in [1.29, 1.82) is 0 Å². The Morgan fingerprint density at radius 1 is 1.15 bits per heavy atom. The average Bonchev–Trinajstić information content (AvgIpc) is 3.15. The second-order valence-corrected chi connectivity index (χ2v) is 6.68. The zero-order chi connectivity index (χ0) is 18.4. The van der Waals surface area contributed by atoms with Gasteiger partial charge in [-0.25, -0.2) is 0 Å². The predicted molar refractivity (Wildman–Crippen MR) is 104 cm³/mol. The van der Waals surface area contributed by atoms with E-state index in [1.54, 1.807) is 18.2 Å². The largest absolute Gasteiger partial charge is 0.494 e. The van der Waals surface area contributed by atoms with Gasteiger partial charge in [0, 0.05) is 21.8 Å². The third-order valence-electron chi connectivity index (χ3n) is 3.75. The number of nitrogens with zero attached hydrogens (tertiary/aromatic N) is 1. The van der Waals surface area contributed by atoms with E-state index in [0.717, 1.165) is 28.6 Å². The van der Waals surface area contributed by atoms with Gasteiger partial charge in [-0.3, -0.25) is 4.79 Å². The zero-order valence-electron chi connectivity index (χ0n) is 14.4. The Morgan fingerprint density at radius 3 is 2.58 bits per heavy atom. The molecule has 1 amide bonds. The number of ether oxygens (including phenoxy) is 1. The summed E-state index contributed by atoms with van der Waals surface area (Å²) in [6, 6.07) is 16.5. The molecule has 0 aliphatic carbocycles. The van der Waals surface area contributed by atoms with Gasteiger partial charge < -0.3 is 14.6 Å². The molecule has 26 heavy (non-hydrogen) atoms. The zero-order valence-corrected chi connectivity index (χ0v) is 16.0. The van der Waals surface area contributed by atoms with Crippen molar-refractivity contribution in [1.82, 2.24) is 5.16 Å². The predicted octanol–water partition coefficient (Wildman–Crippen LogP) is 5.54. The van der Waals surface area contributed by atoms with Crippen LogP contribution >= 0.6 is 15.9 Å². The first-order chi connectivity index (χ1) is 12.7. The first-order valence-electron chi connectivity index (χ1n) is 8.42. The molecule has 0 aliphatic rings. The molecule has 0 fully saturated rings. The number of carbonyl (C=O) groups is 1. The van der Waals surface area contributed by atoms with Crippen molar-refractivity contribution in [2.24, 2.45) is 0 Å². The summed E-state index contributed by atoms with van der Waals surface area (Å²) in [6.45, 7) is 2.83. The maximum Gasteiger partial charge on any atom is 0.277 e. The minimum atomic E-state index is -0.318. The highest BCUT2D eigenvalue weighted by Gasteiger charge is 2.14. The van der Waals surface area contributed by atoms with Gasteiger partial charge in [-0.15, -0.1) is 0 Å². The molecule has 5 nitrogen and oxygen atoms in total. The van der Waals surface area contributed by atoms with Crippen molar-refractivity contribution in [2.45, 2.75) is 19.8 Å². The monoisotopic (exact) mass is 414 g/mol. The van der Waals surface area contributed by atoms with Crippen molar-refractivity contribution in [2.75, 3.05) is 11.9 Å². The van der Waals surface area contributed by atoms with E-state index in [0.29, 0.717) is 18.1 Å². The summed E-state index contributed by atoms with van der Waals surface area (Å²) in [4.78, 5) is 12.3. The molecule has 0 atom stereocenters. The van der Waals surface area contributed by atoms with Gasteiger partial charge in [0.05, 0.1) is 6.61 Å². The number of anilines is 1. The molecule has 0 radical (unpaired) electrons. The van der Waals surface area contributed by atoms with Crippen LogP contribution in [0.3, 0.4) is 0 Å². The summed E-state index contributed by atoms with van der Waals surface area (Å²) in [5.41, 5.74) is 1.76. The van der Waals surface area contributed by atoms with Crippen LogP contribution in [-0.2, 0) is 0 Å². The van der Waals surface area contributed by atoms with Crippen LogP contribution in [0, 0.1) is 0 Å². The SMILES string of the molecule is CCCCOc1ccc(-c2cc(C(=O)Nc3ccc(Br)cc3)no2)cc1. The van der Waals surface area contributed by atoms with Gasteiger partial charge in [0.2, 0.25) is 0 Å². The molecule has 0 aliphatic heterocycles. The highest BCUT2D eigenvalue weighted by atomic mass is 79.9. The van der Waals surface area contributed by atoms with Gasteiger partial charge in [-0.1, -0.05) is 34.4 Å². The average molecular weight is 415 g/mol. The fourth-order valence-electron chi connectivity index (χ4n) is 2.30. The van der Waals surface area contributed by atoms with Crippen molar-refractivity contribution < 1.29 is 14.1 Å². The number of unbranched alkanes of at least 4 members (excludes halogenated alkanes) is 1. The van der Waals surface area contributed by atoms with Crippen LogP contribution in [0.2, 0.25) is 0 Å². The Kier molecular flexibility index (Phi) is 6.07. The number of rotatable bonds is 7. The van der Waals surface area contributed by atoms with Gasteiger partial charge in [-0.05, 0) is 55.0 Å². The number of benzene rings is 2. The molecule has 134 valence electrons. The van der Waals surface area contributed by atoms with Crippen LogP contribution in [-0.4, -0.2) is 17.7 Å². The normalized spacial score (nSPS) is 10.5. The topological polar surface area (TPSA) is 64.4 Å². The number of halogens is 1. The summed E-state index contributed by atoms with van der Waals surface area (Å²) in [5.74, 6) is 1.03. The van der Waals surface area contributed by atoms with E-state index < -0.39 is 0 Å². The molecule has 0 bridgehead atoms. The molecular formula is C20H19BrN2O3. The number of hydrogen-bond acceptors (Lipinski definition) is 4. The van der Waals surface area contributed by atoms with Gasteiger partial charge in [0.1, 0.15) is 5.75 Å². The fourth-order valence-corrected chi connectivity index (χ4v) is 2.56. The number of carbonyl (C=O) groups excluding carboxylic acids is 1. The molecule has 2 aromatic carbocycles. The van der Waals surface area contributed by atoms with E-state index in [1.165, 1.54) is 0 Å². The van der Waals surface area contributed by atoms with E-state index in [1.807, 2.05) is 36.4 Å². The van der Waals surface area contributed by atoms with Crippen LogP contribution in [0.4, 0.5) is 5.69 Å². The first kappa shape index (κ1) is 18.2. The number of nitrogens with one attached hydrogen (secondary N) is 1. The van der Waals surface area contributed by atoms with Gasteiger partial charge in [-0.2, -0.15) is 0 Å². The highest BCUT2D eigenvalue weighted by Crippen LogP contribution is 2.24. The van der Waals surface area contributed by atoms with Gasteiger partial charge in [0.15, 0.2) is 11.5 Å². The molecular weight excluding hydrogens is 396 g/mol. The lowest BCUT2D eigenvalue weighted by atomic mass is 10.1. The standard InChI is InChI=1S/C20H19BrN2O3/c1-2-3-12-25-17-10-4-14(5-11-17)19-13-18(23-26-19)20(24)22-16-8-6-15(21)7-9-16/h4-11,13H,2-3,12H2,1H3,(H,22,24). The van der Waals surface area contributed by atoms with E-state index >= 15 is 0 Å². The van der Waals surface area contributed by atoms with Crippen LogP contribution in [0.5, 0.6) is 5.75 Å². The molecule has 0 saturated carbocycles. The van der Waals surface area contributed by atoms with Crippen LogP contribution in [0.1, 0.15) is 30.3 Å². The summed E-state index contributed by atoms with van der Waals surface area (Å²) < 4.78 is 11.9. The van der Waals surface area contributed by atoms with E-state index in [4.69, 9.17) is 9.26 Å². The molecule has 0 unspecified atom stereocenters. The minimum absolute atomic E-state index is 0.228. The fraction of sp³-hybridized carbons (Fsp3) is 0.200. The smallest absolute Gasteiger partial charge is 0.277 e. The molecule has 0 spiro atoms. The Bertz CT molecular complexity index is 858. The van der Waals surface area contributed by atoms with Gasteiger partial charge in [0.25, 0.3) is 5.91 Å². The lowest BCUT2D eigenvalue weighted by Gasteiger charge is -2.05. The summed E-state index contributed by atoms with van der Waals surface area (Å²) in [7, 11) is 0. The Hall–Kier alpha value is -2.60. The molecule has 3 aromatic rings. The number of aromatic nitrogens is 1.